The first-order valence-electron chi connectivity index (χ1n) is 5.83. The van der Waals surface area contributed by atoms with Gasteiger partial charge in [0.1, 0.15) is 5.01 Å². The fourth-order valence-corrected chi connectivity index (χ4v) is 3.02. The molecular formula is C12H16N4S. The van der Waals surface area contributed by atoms with E-state index in [9.17, 15) is 0 Å². The molecule has 2 aromatic rings. The smallest absolute Gasteiger partial charge is 0.112 e. The van der Waals surface area contributed by atoms with Gasteiger partial charge in [-0.05, 0) is 13.1 Å². The van der Waals surface area contributed by atoms with Crippen LogP contribution < -0.4 is 5.32 Å². The van der Waals surface area contributed by atoms with Crippen LogP contribution >= 0.6 is 11.3 Å². The maximum atomic E-state index is 4.72. The van der Waals surface area contributed by atoms with Crippen molar-refractivity contribution < 1.29 is 0 Å². The Morgan fingerprint density at radius 2 is 2.47 bits per heavy atom. The number of hydrogen-bond donors (Lipinski definition) is 2. The van der Waals surface area contributed by atoms with Crippen molar-refractivity contribution in [1.29, 1.82) is 0 Å². The van der Waals surface area contributed by atoms with E-state index in [-0.39, 0.29) is 0 Å². The average Bonchev–Trinajstić information content (AvgIpc) is 3.00. The van der Waals surface area contributed by atoms with Crippen LogP contribution in [0.5, 0.6) is 0 Å². The van der Waals surface area contributed by atoms with E-state index in [0.717, 1.165) is 30.9 Å². The van der Waals surface area contributed by atoms with Crippen molar-refractivity contribution in [3.05, 3.63) is 28.8 Å². The second kappa shape index (κ2) is 4.60. The normalized spacial score (nSPS) is 21.8. The van der Waals surface area contributed by atoms with Crippen LogP contribution in [0, 0.1) is 0 Å². The first-order chi connectivity index (χ1) is 8.33. The molecule has 0 bridgehead atoms. The fourth-order valence-electron chi connectivity index (χ4n) is 2.13. The highest BCUT2D eigenvalue weighted by Gasteiger charge is 2.21. The molecule has 2 N–H and O–H groups in total. The molecule has 1 saturated heterocycles. The minimum Gasteiger partial charge on any atom is -0.367 e. The molecule has 0 radical (unpaired) electrons. The highest BCUT2D eigenvalue weighted by atomic mass is 32.1. The van der Waals surface area contributed by atoms with Gasteiger partial charge in [0.2, 0.25) is 0 Å². The van der Waals surface area contributed by atoms with Crippen LogP contribution in [0.4, 0.5) is 0 Å². The van der Waals surface area contributed by atoms with Crippen molar-refractivity contribution in [1.82, 2.24) is 20.2 Å². The summed E-state index contributed by atoms with van der Waals surface area (Å²) in [5.74, 6) is 0. The number of nitrogens with zero attached hydrogens (tertiary/aromatic N) is 2. The van der Waals surface area contributed by atoms with E-state index in [0.29, 0.717) is 6.04 Å². The topological polar surface area (TPSA) is 44.0 Å². The number of aromatic amines is 1. The molecule has 0 spiro atoms. The van der Waals surface area contributed by atoms with Gasteiger partial charge in [0.05, 0.1) is 11.7 Å². The minimum atomic E-state index is 0.381. The standard InChI is InChI=1S/C12H16N4S/c1-16-5-4-14-10(7-16)12-15-11(8-17-12)9-2-3-13-6-9/h2-3,6,8,10,13-14H,4-5,7H2,1H3. The molecule has 4 nitrogen and oxygen atoms in total. The number of rotatable bonds is 2. The third-order valence-corrected chi connectivity index (χ3v) is 4.05. The Hall–Kier alpha value is -1.17. The van der Waals surface area contributed by atoms with Gasteiger partial charge in [-0.1, -0.05) is 0 Å². The van der Waals surface area contributed by atoms with E-state index in [2.05, 4.69) is 33.7 Å². The van der Waals surface area contributed by atoms with Gasteiger partial charge in [0.15, 0.2) is 0 Å². The van der Waals surface area contributed by atoms with Crippen LogP contribution in [0.3, 0.4) is 0 Å². The summed E-state index contributed by atoms with van der Waals surface area (Å²) in [5.41, 5.74) is 2.23. The van der Waals surface area contributed by atoms with Crippen LogP contribution in [-0.4, -0.2) is 41.5 Å². The van der Waals surface area contributed by atoms with Gasteiger partial charge in [-0.2, -0.15) is 0 Å². The maximum absolute atomic E-state index is 4.72. The van der Waals surface area contributed by atoms with E-state index >= 15 is 0 Å². The molecule has 1 aliphatic rings. The van der Waals surface area contributed by atoms with Gasteiger partial charge < -0.3 is 15.2 Å². The van der Waals surface area contributed by atoms with Crippen molar-refractivity contribution >= 4 is 11.3 Å². The molecule has 1 aliphatic heterocycles. The van der Waals surface area contributed by atoms with Crippen molar-refractivity contribution in [3.8, 4) is 11.3 Å². The van der Waals surface area contributed by atoms with Crippen LogP contribution in [0.15, 0.2) is 23.8 Å². The molecule has 0 amide bonds. The first kappa shape index (κ1) is 11.0. The third-order valence-electron chi connectivity index (χ3n) is 3.09. The molecule has 0 saturated carbocycles. The van der Waals surface area contributed by atoms with Crippen LogP contribution in [-0.2, 0) is 0 Å². The lowest BCUT2D eigenvalue weighted by Gasteiger charge is -2.29. The number of likely N-dealkylation sites (N-methyl/N-ethyl adjacent to an activating group) is 1. The van der Waals surface area contributed by atoms with Gasteiger partial charge >= 0.3 is 0 Å². The monoisotopic (exact) mass is 248 g/mol. The zero-order chi connectivity index (χ0) is 11.7. The molecule has 1 unspecified atom stereocenters. The van der Waals surface area contributed by atoms with Gasteiger partial charge in [-0.15, -0.1) is 11.3 Å². The lowest BCUT2D eigenvalue weighted by molar-refractivity contribution is 0.240. The summed E-state index contributed by atoms with van der Waals surface area (Å²) in [6, 6.07) is 2.44. The highest BCUT2D eigenvalue weighted by molar-refractivity contribution is 7.10. The van der Waals surface area contributed by atoms with Crippen molar-refractivity contribution in [3.63, 3.8) is 0 Å². The maximum Gasteiger partial charge on any atom is 0.112 e. The summed E-state index contributed by atoms with van der Waals surface area (Å²) in [4.78, 5) is 10.1. The molecule has 17 heavy (non-hydrogen) atoms. The molecule has 1 fully saturated rings. The zero-order valence-electron chi connectivity index (χ0n) is 9.81. The summed E-state index contributed by atoms with van der Waals surface area (Å²) in [5, 5.41) is 6.84. The molecule has 5 heteroatoms. The molecule has 0 aliphatic carbocycles. The van der Waals surface area contributed by atoms with Crippen molar-refractivity contribution in [2.24, 2.45) is 0 Å². The Balaban J connectivity index is 1.80. The Labute approximate surface area is 105 Å². The zero-order valence-corrected chi connectivity index (χ0v) is 10.6. The number of hydrogen-bond acceptors (Lipinski definition) is 4. The summed E-state index contributed by atoms with van der Waals surface area (Å²) in [6.07, 6.45) is 3.92. The number of nitrogens with one attached hydrogen (secondary N) is 2. The lowest BCUT2D eigenvalue weighted by Crippen LogP contribution is -2.43. The summed E-state index contributed by atoms with van der Waals surface area (Å²) >= 11 is 1.74. The third kappa shape index (κ3) is 2.26. The first-order valence-corrected chi connectivity index (χ1v) is 6.71. The quantitative estimate of drug-likeness (QED) is 0.850. The average molecular weight is 248 g/mol. The molecule has 0 aromatic carbocycles. The van der Waals surface area contributed by atoms with Crippen molar-refractivity contribution in [2.45, 2.75) is 6.04 Å². The van der Waals surface area contributed by atoms with E-state index < -0.39 is 0 Å². The Kier molecular flexibility index (Phi) is 2.96. The lowest BCUT2D eigenvalue weighted by atomic mass is 10.2. The predicted octanol–water partition coefficient (Wildman–Crippen LogP) is 1.71. The van der Waals surface area contributed by atoms with Crippen LogP contribution in [0.25, 0.3) is 11.3 Å². The largest absolute Gasteiger partial charge is 0.367 e. The SMILES string of the molecule is CN1CCNC(c2nc(-c3cc[nH]c3)cs2)C1. The Bertz CT molecular complexity index is 476. The number of piperazine rings is 1. The second-order valence-electron chi connectivity index (χ2n) is 4.44. The van der Waals surface area contributed by atoms with E-state index in [1.807, 2.05) is 12.4 Å². The molecule has 1 atom stereocenters. The van der Waals surface area contributed by atoms with Gasteiger partial charge in [-0.25, -0.2) is 4.98 Å². The molecule has 90 valence electrons. The minimum absolute atomic E-state index is 0.381. The van der Waals surface area contributed by atoms with E-state index in [1.165, 1.54) is 5.01 Å². The highest BCUT2D eigenvalue weighted by Crippen LogP contribution is 2.26. The Morgan fingerprint density at radius 3 is 3.24 bits per heavy atom. The van der Waals surface area contributed by atoms with E-state index in [4.69, 9.17) is 4.98 Å². The van der Waals surface area contributed by atoms with Crippen molar-refractivity contribution in [2.75, 3.05) is 26.7 Å². The Morgan fingerprint density at radius 1 is 1.53 bits per heavy atom. The number of thiazole rings is 1. The summed E-state index contributed by atoms with van der Waals surface area (Å²) in [6.45, 7) is 3.20. The number of aromatic nitrogens is 2. The predicted molar refractivity (Wildman–Crippen MR) is 70.1 cm³/mol. The molecule has 3 heterocycles. The van der Waals surface area contributed by atoms with Crippen LogP contribution in [0.2, 0.25) is 0 Å². The second-order valence-corrected chi connectivity index (χ2v) is 5.33. The number of H-pyrrole nitrogens is 1. The van der Waals surface area contributed by atoms with E-state index in [1.54, 1.807) is 11.3 Å². The molecule has 3 rings (SSSR count). The summed E-state index contributed by atoms with van der Waals surface area (Å²) in [7, 11) is 2.16. The van der Waals surface area contributed by atoms with Gasteiger partial charge in [0.25, 0.3) is 0 Å². The molecule has 2 aromatic heterocycles. The fraction of sp³-hybridized carbons (Fsp3) is 0.417. The van der Waals surface area contributed by atoms with Gasteiger partial charge in [-0.3, -0.25) is 0 Å². The molecular weight excluding hydrogens is 232 g/mol. The van der Waals surface area contributed by atoms with Crippen LogP contribution in [0.1, 0.15) is 11.0 Å². The van der Waals surface area contributed by atoms with Gasteiger partial charge in [0, 0.05) is 43.0 Å². The summed E-state index contributed by atoms with van der Waals surface area (Å²) < 4.78 is 0.